The molecule has 0 spiro atoms. The molecule has 0 bridgehead atoms. The van der Waals surface area contributed by atoms with Gasteiger partial charge >= 0.3 is 0 Å². The van der Waals surface area contributed by atoms with E-state index in [0.29, 0.717) is 23.3 Å². The van der Waals surface area contributed by atoms with Crippen LogP contribution in [0.25, 0.3) is 0 Å². The topological polar surface area (TPSA) is 58.2 Å². The Kier molecular flexibility index (Phi) is 4.60. The van der Waals surface area contributed by atoms with Gasteiger partial charge in [0.2, 0.25) is 10.0 Å². The fraction of sp³-hybridized carbons (Fsp3) is 0.571. The maximum absolute atomic E-state index is 12.1. The number of benzene rings is 1. The summed E-state index contributed by atoms with van der Waals surface area (Å²) < 4.78 is 26.8. The largest absolute Gasteiger partial charge is 0.319 e. The molecule has 0 saturated heterocycles. The van der Waals surface area contributed by atoms with Gasteiger partial charge in [0.25, 0.3) is 0 Å². The Hall–Kier alpha value is -0.910. The van der Waals surface area contributed by atoms with Crippen LogP contribution in [0, 0.1) is 11.8 Å². The van der Waals surface area contributed by atoms with E-state index in [-0.39, 0.29) is 0 Å². The first-order chi connectivity index (χ1) is 9.03. The Morgan fingerprint density at radius 1 is 1.26 bits per heavy atom. The van der Waals surface area contributed by atoms with Gasteiger partial charge in [-0.2, -0.15) is 0 Å². The van der Waals surface area contributed by atoms with Gasteiger partial charge in [0.1, 0.15) is 0 Å². The molecule has 106 valence electrons. The third kappa shape index (κ3) is 4.03. The minimum atomic E-state index is -3.34. The molecule has 19 heavy (non-hydrogen) atoms. The summed E-state index contributed by atoms with van der Waals surface area (Å²) >= 11 is 0. The smallest absolute Gasteiger partial charge is 0.240 e. The Morgan fingerprint density at radius 2 is 1.89 bits per heavy atom. The van der Waals surface area contributed by atoms with Crippen molar-refractivity contribution in [2.75, 3.05) is 20.1 Å². The minimum absolute atomic E-state index is 0.356. The molecule has 4 nitrogen and oxygen atoms in total. The van der Waals surface area contributed by atoms with Gasteiger partial charge in [0, 0.05) is 6.54 Å². The molecule has 1 fully saturated rings. The molecule has 1 aliphatic rings. The van der Waals surface area contributed by atoms with Gasteiger partial charge in [-0.15, -0.1) is 0 Å². The summed E-state index contributed by atoms with van der Waals surface area (Å²) in [6.45, 7) is 3.60. The Morgan fingerprint density at radius 3 is 2.42 bits per heavy atom. The molecule has 1 saturated carbocycles. The van der Waals surface area contributed by atoms with Gasteiger partial charge in [0.15, 0.2) is 0 Å². The summed E-state index contributed by atoms with van der Waals surface area (Å²) in [5.41, 5.74) is 1.14. The molecule has 5 heteroatoms. The first-order valence-electron chi connectivity index (χ1n) is 6.76. The summed E-state index contributed by atoms with van der Waals surface area (Å²) in [4.78, 5) is 0.356. The molecule has 1 aliphatic carbocycles. The van der Waals surface area contributed by atoms with Crippen molar-refractivity contribution in [1.29, 1.82) is 0 Å². The Balaban J connectivity index is 1.95. The monoisotopic (exact) mass is 282 g/mol. The van der Waals surface area contributed by atoms with Crippen LogP contribution in [0.2, 0.25) is 0 Å². The van der Waals surface area contributed by atoms with Gasteiger partial charge in [-0.25, -0.2) is 13.1 Å². The zero-order valence-corrected chi connectivity index (χ0v) is 12.3. The zero-order valence-electron chi connectivity index (χ0n) is 11.5. The van der Waals surface area contributed by atoms with Gasteiger partial charge in [-0.05, 0) is 56.0 Å². The minimum Gasteiger partial charge on any atom is -0.319 e. The second-order valence-corrected chi connectivity index (χ2v) is 7.09. The maximum atomic E-state index is 12.1. The lowest BCUT2D eigenvalue weighted by Gasteiger charge is -2.07. The van der Waals surface area contributed by atoms with Crippen LogP contribution in [0.4, 0.5) is 0 Å². The van der Waals surface area contributed by atoms with Gasteiger partial charge in [-0.3, -0.25) is 0 Å². The highest BCUT2D eigenvalue weighted by molar-refractivity contribution is 7.89. The van der Waals surface area contributed by atoms with Crippen molar-refractivity contribution in [2.24, 2.45) is 11.8 Å². The van der Waals surface area contributed by atoms with Crippen LogP contribution >= 0.6 is 0 Å². The second kappa shape index (κ2) is 6.03. The fourth-order valence-corrected chi connectivity index (χ4v) is 3.18. The van der Waals surface area contributed by atoms with Crippen molar-refractivity contribution >= 4 is 10.0 Å². The number of rotatable bonds is 7. The molecule has 2 unspecified atom stereocenters. The summed E-state index contributed by atoms with van der Waals surface area (Å²) in [7, 11) is -1.44. The van der Waals surface area contributed by atoms with E-state index in [1.54, 1.807) is 12.1 Å². The SMILES string of the molecule is CNCCc1ccc(S(=O)(=O)NCC2CC2C)cc1. The molecule has 0 aliphatic heterocycles. The average molecular weight is 282 g/mol. The molecule has 2 N–H and O–H groups in total. The first-order valence-corrected chi connectivity index (χ1v) is 8.24. The van der Waals surface area contributed by atoms with E-state index in [0.717, 1.165) is 24.9 Å². The summed E-state index contributed by atoms with van der Waals surface area (Å²) in [5.74, 6) is 1.18. The van der Waals surface area contributed by atoms with E-state index in [1.165, 1.54) is 0 Å². The van der Waals surface area contributed by atoms with E-state index in [1.807, 2.05) is 19.2 Å². The number of likely N-dealkylation sites (N-methyl/N-ethyl adjacent to an activating group) is 1. The number of hydrogen-bond acceptors (Lipinski definition) is 3. The lowest BCUT2D eigenvalue weighted by molar-refractivity contribution is 0.574. The summed E-state index contributed by atoms with van der Waals surface area (Å²) in [6, 6.07) is 7.13. The van der Waals surface area contributed by atoms with Crippen molar-refractivity contribution in [3.05, 3.63) is 29.8 Å². The van der Waals surface area contributed by atoms with Crippen LogP contribution in [0.1, 0.15) is 18.9 Å². The quantitative estimate of drug-likeness (QED) is 0.794. The van der Waals surface area contributed by atoms with Crippen molar-refractivity contribution < 1.29 is 8.42 Å². The molecular formula is C14H22N2O2S. The van der Waals surface area contributed by atoms with E-state index < -0.39 is 10.0 Å². The first kappa shape index (κ1) is 14.5. The highest BCUT2D eigenvalue weighted by atomic mass is 32.2. The summed E-state index contributed by atoms with van der Waals surface area (Å²) in [5, 5.41) is 3.07. The predicted octanol–water partition coefficient (Wildman–Crippen LogP) is 1.38. The number of sulfonamides is 1. The molecule has 2 rings (SSSR count). The fourth-order valence-electron chi connectivity index (χ4n) is 2.09. The Labute approximate surface area is 115 Å². The molecule has 1 aromatic carbocycles. The van der Waals surface area contributed by atoms with Gasteiger partial charge in [0.05, 0.1) is 4.90 Å². The predicted molar refractivity (Wildman–Crippen MR) is 76.5 cm³/mol. The van der Waals surface area contributed by atoms with Crippen LogP contribution in [0.15, 0.2) is 29.2 Å². The highest BCUT2D eigenvalue weighted by Gasteiger charge is 2.33. The van der Waals surface area contributed by atoms with E-state index in [2.05, 4.69) is 17.0 Å². The average Bonchev–Trinajstić information content (AvgIpc) is 3.11. The lowest BCUT2D eigenvalue weighted by atomic mass is 10.1. The number of hydrogen-bond donors (Lipinski definition) is 2. The van der Waals surface area contributed by atoms with Crippen LogP contribution in [-0.2, 0) is 16.4 Å². The van der Waals surface area contributed by atoms with E-state index >= 15 is 0 Å². The highest BCUT2D eigenvalue weighted by Crippen LogP contribution is 2.37. The van der Waals surface area contributed by atoms with Crippen molar-refractivity contribution in [2.45, 2.75) is 24.7 Å². The molecule has 1 aromatic rings. The third-order valence-electron chi connectivity index (χ3n) is 3.71. The van der Waals surface area contributed by atoms with Crippen LogP contribution in [-0.4, -0.2) is 28.6 Å². The van der Waals surface area contributed by atoms with Gasteiger partial charge in [-0.1, -0.05) is 19.1 Å². The van der Waals surface area contributed by atoms with Crippen LogP contribution in [0.5, 0.6) is 0 Å². The molecule has 0 radical (unpaired) electrons. The standard InChI is InChI=1S/C14H22N2O2S/c1-11-9-13(11)10-16-19(17,18)14-5-3-12(4-6-14)7-8-15-2/h3-6,11,13,15-16H,7-10H2,1-2H3. The zero-order chi connectivity index (χ0) is 13.9. The molecule has 0 heterocycles. The van der Waals surface area contributed by atoms with Crippen LogP contribution in [0.3, 0.4) is 0 Å². The molecule has 0 aromatic heterocycles. The molecule has 2 atom stereocenters. The Bertz CT molecular complexity index is 511. The van der Waals surface area contributed by atoms with Crippen LogP contribution < -0.4 is 10.0 Å². The molecule has 0 amide bonds. The third-order valence-corrected chi connectivity index (χ3v) is 5.15. The van der Waals surface area contributed by atoms with Gasteiger partial charge < -0.3 is 5.32 Å². The van der Waals surface area contributed by atoms with Crippen molar-refractivity contribution in [1.82, 2.24) is 10.0 Å². The maximum Gasteiger partial charge on any atom is 0.240 e. The summed E-state index contributed by atoms with van der Waals surface area (Å²) in [6.07, 6.45) is 2.04. The van der Waals surface area contributed by atoms with E-state index in [9.17, 15) is 8.42 Å². The van der Waals surface area contributed by atoms with Crippen molar-refractivity contribution in [3.8, 4) is 0 Å². The lowest BCUT2D eigenvalue weighted by Crippen LogP contribution is -2.26. The second-order valence-electron chi connectivity index (χ2n) is 5.32. The normalized spacial score (nSPS) is 22.4. The number of nitrogens with one attached hydrogen (secondary N) is 2. The molecular weight excluding hydrogens is 260 g/mol. The van der Waals surface area contributed by atoms with E-state index in [4.69, 9.17) is 0 Å². The van der Waals surface area contributed by atoms with Crippen molar-refractivity contribution in [3.63, 3.8) is 0 Å².